The van der Waals surface area contributed by atoms with E-state index in [4.69, 9.17) is 30.3 Å². The lowest BCUT2D eigenvalue weighted by Crippen LogP contribution is -2.52. The quantitative estimate of drug-likeness (QED) is 0.214. The van der Waals surface area contributed by atoms with E-state index in [-0.39, 0.29) is 5.75 Å². The third-order valence-corrected chi connectivity index (χ3v) is 8.85. The molecule has 0 radical (unpaired) electrons. The lowest BCUT2D eigenvalue weighted by molar-refractivity contribution is -0.192. The maximum Gasteiger partial charge on any atom is 0.330 e. The summed E-state index contributed by atoms with van der Waals surface area (Å²) in [6.45, 7) is -0.483. The normalized spacial score (nSPS) is 24.5. The van der Waals surface area contributed by atoms with E-state index in [1.807, 2.05) is 17.1 Å². The van der Waals surface area contributed by atoms with Crippen LogP contribution in [-0.4, -0.2) is 63.7 Å². The number of aliphatic hydroxyl groups excluding tert-OH is 1. The van der Waals surface area contributed by atoms with E-state index in [9.17, 15) is 28.3 Å². The van der Waals surface area contributed by atoms with Crippen molar-refractivity contribution in [1.82, 2.24) is 14.6 Å². The highest BCUT2D eigenvalue weighted by Gasteiger charge is 2.62. The third-order valence-electron chi connectivity index (χ3n) is 6.37. The SMILES string of the molecule is CC(C)OC(=O)[C@H](C)NP(=S)(OC[C@@]1(C(F)F)O[C@@H](n2ccc(=O)[nH]c2=O)[C@@H](F)[C@@H]1O)Oc1ccc2ccccc2c1. The largest absolute Gasteiger partial charge is 0.462 e. The number of hydrogen-bond donors (Lipinski definition) is 3. The van der Waals surface area contributed by atoms with E-state index in [1.165, 1.54) is 6.92 Å². The second-order valence-corrected chi connectivity index (χ2v) is 13.0. The van der Waals surface area contributed by atoms with Crippen LogP contribution in [0.3, 0.4) is 0 Å². The molecule has 1 aliphatic heterocycles. The number of nitrogens with one attached hydrogen (secondary N) is 2. The summed E-state index contributed by atoms with van der Waals surface area (Å²) in [4.78, 5) is 38.0. The highest BCUT2D eigenvalue weighted by atomic mass is 32.5. The fourth-order valence-electron chi connectivity index (χ4n) is 4.25. The topological polar surface area (TPSA) is 141 Å². The zero-order valence-corrected chi connectivity index (χ0v) is 24.3. The summed E-state index contributed by atoms with van der Waals surface area (Å²) in [6, 6.07) is 11.9. The van der Waals surface area contributed by atoms with Gasteiger partial charge in [0, 0.05) is 12.3 Å². The van der Waals surface area contributed by atoms with Crippen LogP contribution in [0, 0.1) is 0 Å². The number of hydrogen-bond acceptors (Lipinski definition) is 9. The molecule has 1 aromatic heterocycles. The molecule has 0 bridgehead atoms. The van der Waals surface area contributed by atoms with Crippen molar-refractivity contribution in [3.63, 3.8) is 0 Å². The lowest BCUT2D eigenvalue weighted by Gasteiger charge is -2.34. The fraction of sp³-hybridized carbons (Fsp3) is 0.423. The summed E-state index contributed by atoms with van der Waals surface area (Å²) in [5.41, 5.74) is -4.96. The number of ether oxygens (including phenoxy) is 2. The predicted octanol–water partition coefficient (Wildman–Crippen LogP) is 3.17. The van der Waals surface area contributed by atoms with Gasteiger partial charge in [-0.2, -0.15) is 0 Å². The molecular weight excluding hydrogens is 602 g/mol. The molecule has 4 rings (SSSR count). The fourth-order valence-corrected chi connectivity index (χ4v) is 6.66. The summed E-state index contributed by atoms with van der Waals surface area (Å²) in [7, 11) is 0. The summed E-state index contributed by atoms with van der Waals surface area (Å²) in [5, 5.41) is 15.0. The number of fused-ring (bicyclic) bond motifs is 1. The second-order valence-electron chi connectivity index (χ2n) is 9.88. The Morgan fingerprint density at radius 2 is 1.88 bits per heavy atom. The Labute approximate surface area is 242 Å². The number of nitrogens with zero attached hydrogens (tertiary/aromatic N) is 1. The molecule has 2 heterocycles. The smallest absolute Gasteiger partial charge is 0.330 e. The molecule has 2 aromatic carbocycles. The lowest BCUT2D eigenvalue weighted by atomic mass is 9.97. The molecular formula is C26H29F3N3O8PS. The third kappa shape index (κ3) is 6.77. The van der Waals surface area contributed by atoms with Crippen molar-refractivity contribution in [3.05, 3.63) is 75.6 Å². The first-order valence-corrected chi connectivity index (χ1v) is 15.4. The number of rotatable bonds is 11. The molecule has 3 aromatic rings. The average Bonchev–Trinajstić information content (AvgIpc) is 3.17. The average molecular weight is 632 g/mol. The van der Waals surface area contributed by atoms with Gasteiger partial charge in [-0.25, -0.2) is 23.1 Å². The molecule has 0 amide bonds. The Hall–Kier alpha value is -3.07. The first-order chi connectivity index (χ1) is 19.7. The van der Waals surface area contributed by atoms with Gasteiger partial charge in [0.05, 0.1) is 12.7 Å². The highest BCUT2D eigenvalue weighted by molar-refractivity contribution is 8.09. The Balaban J connectivity index is 1.65. The van der Waals surface area contributed by atoms with Crippen LogP contribution in [-0.2, 0) is 30.6 Å². The van der Waals surface area contributed by atoms with Crippen LogP contribution in [0.4, 0.5) is 13.2 Å². The maximum absolute atomic E-state index is 15.2. The van der Waals surface area contributed by atoms with Crippen LogP contribution >= 0.6 is 6.64 Å². The van der Waals surface area contributed by atoms with Crippen molar-refractivity contribution < 1.29 is 41.6 Å². The number of carbonyl (C=O) groups excluding carboxylic acids is 1. The number of H-pyrrole nitrogens is 1. The van der Waals surface area contributed by atoms with Gasteiger partial charge in [0.15, 0.2) is 18.0 Å². The zero-order chi connectivity index (χ0) is 30.8. The van der Waals surface area contributed by atoms with Gasteiger partial charge in [0.2, 0.25) is 0 Å². The molecule has 1 fully saturated rings. The highest BCUT2D eigenvalue weighted by Crippen LogP contribution is 2.50. The van der Waals surface area contributed by atoms with E-state index < -0.39 is 73.1 Å². The zero-order valence-electron chi connectivity index (χ0n) is 22.6. The Morgan fingerprint density at radius 1 is 1.19 bits per heavy atom. The number of aliphatic hydroxyl groups is 1. The molecule has 11 nitrogen and oxygen atoms in total. The van der Waals surface area contributed by atoms with Crippen molar-refractivity contribution in [2.75, 3.05) is 6.61 Å². The van der Waals surface area contributed by atoms with Crippen LogP contribution < -0.4 is 20.9 Å². The number of esters is 1. The van der Waals surface area contributed by atoms with Crippen molar-refractivity contribution in [3.8, 4) is 5.75 Å². The molecule has 6 atom stereocenters. The molecule has 0 spiro atoms. The molecule has 1 unspecified atom stereocenters. The molecule has 228 valence electrons. The Bertz CT molecular complexity index is 1600. The van der Waals surface area contributed by atoms with Gasteiger partial charge in [0.1, 0.15) is 17.9 Å². The van der Waals surface area contributed by atoms with Gasteiger partial charge >= 0.3 is 18.3 Å². The van der Waals surface area contributed by atoms with Crippen molar-refractivity contribution in [2.24, 2.45) is 0 Å². The molecule has 1 saturated heterocycles. The maximum atomic E-state index is 15.2. The van der Waals surface area contributed by atoms with E-state index in [1.54, 1.807) is 44.2 Å². The molecule has 3 N–H and O–H groups in total. The summed E-state index contributed by atoms with van der Waals surface area (Å²) < 4.78 is 66.9. The first-order valence-electron chi connectivity index (χ1n) is 12.8. The van der Waals surface area contributed by atoms with Gasteiger partial charge in [0.25, 0.3) is 12.0 Å². The van der Waals surface area contributed by atoms with Gasteiger partial charge in [-0.15, -0.1) is 0 Å². The standard InChI is InChI=1S/C26H29F3N3O8PS/c1-14(2)38-23(35)15(3)31-41(42,40-18-9-8-16-6-4-5-7-17(16)12-18)37-13-26(24(28)29)21(34)20(27)22(39-26)32-11-10-19(33)30-25(32)36/h4-12,14-15,20-22,24,34H,13H2,1-3H3,(H,31,42)(H,30,33,36)/t15-,20-,21-,22+,26+,41?/m0/s1. The summed E-state index contributed by atoms with van der Waals surface area (Å²) in [5.74, 6) is -0.555. The Morgan fingerprint density at radius 3 is 2.52 bits per heavy atom. The minimum Gasteiger partial charge on any atom is -0.462 e. The predicted molar refractivity (Wildman–Crippen MR) is 150 cm³/mol. The second kappa shape index (κ2) is 12.7. The van der Waals surface area contributed by atoms with Crippen LogP contribution in [0.5, 0.6) is 5.75 Å². The van der Waals surface area contributed by atoms with Crippen molar-refractivity contribution in [2.45, 2.75) is 63.4 Å². The summed E-state index contributed by atoms with van der Waals surface area (Å²) in [6.07, 6.45) is -10.2. The number of halogens is 3. The molecule has 0 aliphatic carbocycles. The van der Waals surface area contributed by atoms with Gasteiger partial charge in [-0.3, -0.25) is 19.1 Å². The monoisotopic (exact) mass is 631 g/mol. The number of alkyl halides is 3. The molecule has 1 aliphatic rings. The van der Waals surface area contributed by atoms with E-state index in [0.29, 0.717) is 4.57 Å². The number of carbonyl (C=O) groups is 1. The molecule has 16 heteroatoms. The molecule has 42 heavy (non-hydrogen) atoms. The summed E-state index contributed by atoms with van der Waals surface area (Å²) >= 11 is 5.59. The Kier molecular flexibility index (Phi) is 9.60. The van der Waals surface area contributed by atoms with Crippen LogP contribution in [0.25, 0.3) is 10.8 Å². The minimum absolute atomic E-state index is 0.175. The van der Waals surface area contributed by atoms with E-state index in [0.717, 1.165) is 23.0 Å². The van der Waals surface area contributed by atoms with Crippen molar-refractivity contribution in [1.29, 1.82) is 0 Å². The van der Waals surface area contributed by atoms with Crippen LogP contribution in [0.1, 0.15) is 27.0 Å². The van der Waals surface area contributed by atoms with Gasteiger partial charge < -0.3 is 23.6 Å². The number of benzene rings is 2. The number of aromatic nitrogens is 2. The van der Waals surface area contributed by atoms with Gasteiger partial charge in [-0.1, -0.05) is 30.3 Å². The molecule has 0 saturated carbocycles. The van der Waals surface area contributed by atoms with E-state index >= 15 is 4.39 Å². The van der Waals surface area contributed by atoms with Crippen LogP contribution in [0.2, 0.25) is 0 Å². The van der Waals surface area contributed by atoms with E-state index in [2.05, 4.69) is 5.09 Å². The number of aromatic amines is 1. The van der Waals surface area contributed by atoms with Gasteiger partial charge in [-0.05, 0) is 55.5 Å². The van der Waals surface area contributed by atoms with Crippen molar-refractivity contribution >= 4 is 35.2 Å². The first kappa shape index (κ1) is 31.9. The van der Waals surface area contributed by atoms with Crippen LogP contribution in [0.15, 0.2) is 64.3 Å². The minimum atomic E-state index is -3.94.